The van der Waals surface area contributed by atoms with Gasteiger partial charge in [-0.25, -0.2) is 13.6 Å². The van der Waals surface area contributed by atoms with E-state index in [1.165, 1.54) is 20.3 Å². The number of anilines is 1. The molecule has 0 aliphatic rings. The highest BCUT2D eigenvalue weighted by molar-refractivity contribution is 5.92. The summed E-state index contributed by atoms with van der Waals surface area (Å²) in [5, 5.41) is 2.97. The third-order valence-corrected chi connectivity index (χ3v) is 3.17. The molecule has 5 nitrogen and oxygen atoms in total. The molecule has 1 aromatic carbocycles. The number of hydrogen-bond acceptors (Lipinski definition) is 5. The first-order valence-corrected chi connectivity index (χ1v) is 6.86. The topological polar surface area (TPSA) is 60.5 Å². The van der Waals surface area contributed by atoms with Crippen LogP contribution in [0.15, 0.2) is 30.3 Å². The molecule has 1 heterocycles. The number of carbonyl (C=O) groups is 1. The van der Waals surface area contributed by atoms with Gasteiger partial charge in [0.1, 0.15) is 23.0 Å². The zero-order valence-electron chi connectivity index (χ0n) is 12.7. The Morgan fingerprint density at radius 2 is 2.00 bits per heavy atom. The highest BCUT2D eigenvalue weighted by atomic mass is 19.1. The number of ether oxygens (including phenoxy) is 2. The Hall–Kier alpha value is -2.70. The molecule has 0 fully saturated rings. The maximum absolute atomic E-state index is 13.5. The van der Waals surface area contributed by atoms with Crippen LogP contribution in [0.3, 0.4) is 0 Å². The van der Waals surface area contributed by atoms with Crippen LogP contribution >= 0.6 is 0 Å². The average Bonchev–Trinajstić information content (AvgIpc) is 2.57. The summed E-state index contributed by atoms with van der Waals surface area (Å²) in [7, 11) is 2.65. The van der Waals surface area contributed by atoms with Crippen molar-refractivity contribution in [2.75, 3.05) is 26.1 Å². The molecule has 0 aliphatic carbocycles. The fourth-order valence-electron chi connectivity index (χ4n) is 2.02. The molecule has 0 saturated heterocycles. The summed E-state index contributed by atoms with van der Waals surface area (Å²) in [4.78, 5) is 15.7. The minimum atomic E-state index is -0.553. The number of aromatic nitrogens is 1. The molecule has 0 amide bonds. The van der Waals surface area contributed by atoms with Crippen LogP contribution in [0.4, 0.5) is 14.6 Å². The van der Waals surface area contributed by atoms with Crippen LogP contribution in [0.5, 0.6) is 5.88 Å². The lowest BCUT2D eigenvalue weighted by molar-refractivity contribution is 0.0596. The van der Waals surface area contributed by atoms with Crippen molar-refractivity contribution in [2.45, 2.75) is 6.42 Å². The van der Waals surface area contributed by atoms with E-state index in [2.05, 4.69) is 15.0 Å². The number of carbonyl (C=O) groups excluding carboxylic acids is 1. The van der Waals surface area contributed by atoms with E-state index in [-0.39, 0.29) is 23.4 Å². The smallest absolute Gasteiger partial charge is 0.343 e. The van der Waals surface area contributed by atoms with Crippen LogP contribution in [0.2, 0.25) is 0 Å². The van der Waals surface area contributed by atoms with Gasteiger partial charge in [0.05, 0.1) is 14.2 Å². The number of benzene rings is 1. The van der Waals surface area contributed by atoms with Crippen molar-refractivity contribution in [3.05, 3.63) is 53.1 Å². The van der Waals surface area contributed by atoms with Crippen LogP contribution in [-0.2, 0) is 11.2 Å². The second-order valence-corrected chi connectivity index (χ2v) is 4.66. The Labute approximate surface area is 132 Å². The van der Waals surface area contributed by atoms with E-state index in [1.807, 2.05) is 0 Å². The summed E-state index contributed by atoms with van der Waals surface area (Å²) in [5.41, 5.74) is 0.479. The molecule has 122 valence electrons. The molecule has 0 radical (unpaired) electrons. The average molecular weight is 322 g/mol. The number of hydrogen-bond donors (Lipinski definition) is 1. The molecule has 0 spiro atoms. The van der Waals surface area contributed by atoms with Gasteiger partial charge in [-0.15, -0.1) is 0 Å². The van der Waals surface area contributed by atoms with Crippen LogP contribution < -0.4 is 10.1 Å². The van der Waals surface area contributed by atoms with Gasteiger partial charge < -0.3 is 14.8 Å². The van der Waals surface area contributed by atoms with Crippen LogP contribution in [0.25, 0.3) is 0 Å². The number of pyridine rings is 1. The van der Waals surface area contributed by atoms with E-state index in [0.717, 1.165) is 18.2 Å². The lowest BCUT2D eigenvalue weighted by Gasteiger charge is -2.10. The van der Waals surface area contributed by atoms with Crippen molar-refractivity contribution in [3.63, 3.8) is 0 Å². The van der Waals surface area contributed by atoms with Gasteiger partial charge in [0.25, 0.3) is 0 Å². The summed E-state index contributed by atoms with van der Waals surface area (Å²) in [6.45, 7) is 0.341. The molecule has 1 N–H and O–H groups in total. The largest absolute Gasteiger partial charge is 0.480 e. The fraction of sp³-hybridized carbons (Fsp3) is 0.250. The SMILES string of the molecule is COC(=O)c1ccc(NCCc2cc(F)ccc2F)nc1OC. The number of methoxy groups -OCH3 is 2. The first-order chi connectivity index (χ1) is 11.0. The summed E-state index contributed by atoms with van der Waals surface area (Å²) < 4.78 is 36.3. The van der Waals surface area contributed by atoms with Crippen molar-refractivity contribution >= 4 is 11.8 Å². The predicted molar refractivity (Wildman–Crippen MR) is 80.7 cm³/mol. The highest BCUT2D eigenvalue weighted by Gasteiger charge is 2.14. The van der Waals surface area contributed by atoms with Gasteiger partial charge >= 0.3 is 5.97 Å². The van der Waals surface area contributed by atoms with E-state index >= 15 is 0 Å². The van der Waals surface area contributed by atoms with Gasteiger partial charge in [-0.3, -0.25) is 0 Å². The van der Waals surface area contributed by atoms with Gasteiger partial charge in [-0.2, -0.15) is 4.98 Å². The Morgan fingerprint density at radius 3 is 2.70 bits per heavy atom. The monoisotopic (exact) mass is 322 g/mol. The molecule has 23 heavy (non-hydrogen) atoms. The molecule has 0 bridgehead atoms. The predicted octanol–water partition coefficient (Wildman–Crippen LogP) is 2.81. The van der Waals surface area contributed by atoms with Crippen LogP contribution in [0.1, 0.15) is 15.9 Å². The van der Waals surface area contributed by atoms with Crippen molar-refractivity contribution in [1.29, 1.82) is 0 Å². The third-order valence-electron chi connectivity index (χ3n) is 3.17. The van der Waals surface area contributed by atoms with E-state index in [0.29, 0.717) is 12.4 Å². The maximum atomic E-state index is 13.5. The maximum Gasteiger partial charge on any atom is 0.343 e. The van der Waals surface area contributed by atoms with Crippen LogP contribution in [0, 0.1) is 11.6 Å². The number of esters is 1. The summed E-state index contributed by atoms with van der Waals surface area (Å²) >= 11 is 0. The fourth-order valence-corrected chi connectivity index (χ4v) is 2.02. The van der Waals surface area contributed by atoms with Gasteiger partial charge in [-0.05, 0) is 42.3 Å². The Kier molecular flexibility index (Phi) is 5.46. The number of halogens is 2. The van der Waals surface area contributed by atoms with E-state index in [4.69, 9.17) is 4.74 Å². The minimum Gasteiger partial charge on any atom is -0.480 e. The summed E-state index contributed by atoms with van der Waals surface area (Å²) in [6.07, 6.45) is 0.284. The molecule has 2 aromatic rings. The van der Waals surface area contributed by atoms with E-state index in [1.54, 1.807) is 6.07 Å². The van der Waals surface area contributed by atoms with E-state index < -0.39 is 17.6 Å². The zero-order valence-corrected chi connectivity index (χ0v) is 12.7. The van der Waals surface area contributed by atoms with Crippen molar-refractivity contribution in [2.24, 2.45) is 0 Å². The second kappa shape index (κ2) is 7.53. The molecule has 0 saturated carbocycles. The lowest BCUT2D eigenvalue weighted by atomic mass is 10.1. The Bertz CT molecular complexity index is 708. The molecule has 0 aliphatic heterocycles. The van der Waals surface area contributed by atoms with Gasteiger partial charge in [0.2, 0.25) is 5.88 Å². The van der Waals surface area contributed by atoms with Gasteiger partial charge in [0, 0.05) is 6.54 Å². The first kappa shape index (κ1) is 16.7. The van der Waals surface area contributed by atoms with Gasteiger partial charge in [0.15, 0.2) is 0 Å². The Balaban J connectivity index is 2.03. The zero-order chi connectivity index (χ0) is 16.8. The Morgan fingerprint density at radius 1 is 1.22 bits per heavy atom. The molecule has 7 heteroatoms. The summed E-state index contributed by atoms with van der Waals surface area (Å²) in [5.74, 6) is -0.920. The highest BCUT2D eigenvalue weighted by Crippen LogP contribution is 2.19. The molecule has 2 rings (SSSR count). The summed E-state index contributed by atoms with van der Waals surface area (Å²) in [6, 6.07) is 6.42. The van der Waals surface area contributed by atoms with Crippen molar-refractivity contribution in [3.8, 4) is 5.88 Å². The molecule has 0 atom stereocenters. The molecular formula is C16H16F2N2O3. The van der Waals surface area contributed by atoms with Gasteiger partial charge in [-0.1, -0.05) is 0 Å². The minimum absolute atomic E-state index is 0.124. The number of rotatable bonds is 6. The second-order valence-electron chi connectivity index (χ2n) is 4.66. The normalized spacial score (nSPS) is 10.3. The third kappa shape index (κ3) is 4.15. The quantitative estimate of drug-likeness (QED) is 0.829. The number of nitrogens with one attached hydrogen (secondary N) is 1. The van der Waals surface area contributed by atoms with Crippen molar-refractivity contribution in [1.82, 2.24) is 4.98 Å². The van der Waals surface area contributed by atoms with E-state index in [9.17, 15) is 13.6 Å². The number of nitrogens with zero attached hydrogens (tertiary/aromatic N) is 1. The first-order valence-electron chi connectivity index (χ1n) is 6.86. The van der Waals surface area contributed by atoms with Crippen molar-refractivity contribution < 1.29 is 23.0 Å². The molecular weight excluding hydrogens is 306 g/mol. The standard InChI is InChI=1S/C16H16F2N2O3/c1-22-15-12(16(21)23-2)4-6-14(20-15)19-8-7-10-9-11(17)3-5-13(10)18/h3-6,9H,7-8H2,1-2H3,(H,19,20). The van der Waals surface area contributed by atoms with Crippen LogP contribution in [-0.4, -0.2) is 31.7 Å². The molecule has 0 unspecified atom stereocenters. The lowest BCUT2D eigenvalue weighted by Crippen LogP contribution is -2.10. The molecule has 1 aromatic heterocycles.